The number of aliphatic hydroxyl groups excluding tert-OH is 2. The van der Waals surface area contributed by atoms with Crippen LogP contribution in [-0.4, -0.2) is 33.9 Å². The van der Waals surface area contributed by atoms with Crippen molar-refractivity contribution < 1.29 is 19.9 Å². The van der Waals surface area contributed by atoms with Gasteiger partial charge in [-0.2, -0.15) is 0 Å². The van der Waals surface area contributed by atoms with Crippen LogP contribution >= 0.6 is 35.8 Å². The van der Waals surface area contributed by atoms with Gasteiger partial charge < -0.3 is 14.9 Å². The highest BCUT2D eigenvalue weighted by molar-refractivity contribution is 7.99. The molecule has 0 aliphatic rings. The fourth-order valence-corrected chi connectivity index (χ4v) is 4.33. The number of aryl methyl sites for hydroxylation is 1. The summed E-state index contributed by atoms with van der Waals surface area (Å²) in [4.78, 5) is 12.5. The molecule has 0 heterocycles. The number of rotatable bonds is 11. The smallest absolute Gasteiger partial charge is 0.267 e. The van der Waals surface area contributed by atoms with Gasteiger partial charge in [-0.15, -0.1) is 12.4 Å². The third-order valence-electron chi connectivity index (χ3n) is 5.15. The molecule has 0 spiro atoms. The van der Waals surface area contributed by atoms with Gasteiger partial charge in [0.25, 0.3) is 5.54 Å². The topological polar surface area (TPSA) is 92.8 Å². The van der Waals surface area contributed by atoms with Gasteiger partial charge in [0.15, 0.2) is 0 Å². The van der Waals surface area contributed by atoms with E-state index in [4.69, 9.17) is 16.3 Å². The summed E-state index contributed by atoms with van der Waals surface area (Å²) in [6.45, 7) is -0.974. The first-order chi connectivity index (χ1) is 15.5. The SMILES string of the molecule is Cl.O=[N+]([O-])C(CO)(CO)CCc1ccc(Sc2cccc(OCc3ccccc3)c2)cc1Cl. The molecule has 0 saturated carbocycles. The highest BCUT2D eigenvalue weighted by Gasteiger charge is 2.41. The number of nitrogens with zero attached hydrogens (tertiary/aromatic N) is 1. The average Bonchev–Trinajstić information content (AvgIpc) is 2.80. The molecule has 0 unspecified atom stereocenters. The highest BCUT2D eigenvalue weighted by Crippen LogP contribution is 2.33. The minimum absolute atomic E-state index is 0. The van der Waals surface area contributed by atoms with Gasteiger partial charge in [0.2, 0.25) is 0 Å². The van der Waals surface area contributed by atoms with Crippen molar-refractivity contribution in [1.29, 1.82) is 0 Å². The van der Waals surface area contributed by atoms with Crippen molar-refractivity contribution in [2.24, 2.45) is 0 Å². The van der Waals surface area contributed by atoms with Crippen LogP contribution in [0.15, 0.2) is 82.6 Å². The summed E-state index contributed by atoms with van der Waals surface area (Å²) < 4.78 is 5.88. The third kappa shape index (κ3) is 7.35. The molecule has 3 aromatic rings. The van der Waals surface area contributed by atoms with Crippen LogP contribution in [0.5, 0.6) is 5.75 Å². The molecule has 0 atom stereocenters. The van der Waals surface area contributed by atoms with Gasteiger partial charge in [0.1, 0.15) is 25.6 Å². The molecule has 33 heavy (non-hydrogen) atoms. The molecule has 3 rings (SSSR count). The van der Waals surface area contributed by atoms with Crippen molar-refractivity contribution in [2.75, 3.05) is 13.2 Å². The molecule has 0 aromatic heterocycles. The molecule has 0 bridgehead atoms. The number of hydrogen-bond donors (Lipinski definition) is 2. The number of halogens is 2. The second-order valence-corrected chi connectivity index (χ2v) is 8.96. The molecular formula is C24H25Cl2NO5S. The second kappa shape index (κ2) is 12.8. The largest absolute Gasteiger partial charge is 0.489 e. The van der Waals surface area contributed by atoms with Crippen molar-refractivity contribution in [3.8, 4) is 5.75 Å². The van der Waals surface area contributed by atoms with E-state index in [0.29, 0.717) is 11.6 Å². The molecule has 0 aliphatic heterocycles. The molecule has 0 fully saturated rings. The summed E-state index contributed by atoms with van der Waals surface area (Å²) in [5.74, 6) is 0.769. The van der Waals surface area contributed by atoms with Gasteiger partial charge in [-0.3, -0.25) is 10.1 Å². The standard InChI is InChI=1S/C24H24ClNO5S.ClH/c25-23-14-22(10-9-19(23)11-12-24(16-27,17-28)26(29)30)32-21-8-4-7-20(13-21)31-15-18-5-2-1-3-6-18;/h1-10,13-14,27-28H,11-12,15-17H2;1H. The van der Waals surface area contributed by atoms with E-state index in [1.807, 2.05) is 72.8 Å². The van der Waals surface area contributed by atoms with Crippen LogP contribution in [0, 0.1) is 10.1 Å². The molecule has 6 nitrogen and oxygen atoms in total. The number of benzene rings is 3. The lowest BCUT2D eigenvalue weighted by atomic mass is 9.93. The Labute approximate surface area is 208 Å². The number of aliphatic hydroxyl groups is 2. The summed E-state index contributed by atoms with van der Waals surface area (Å²) in [5, 5.41) is 30.5. The minimum atomic E-state index is -1.77. The maximum Gasteiger partial charge on any atom is 0.267 e. The third-order valence-corrected chi connectivity index (χ3v) is 6.48. The van der Waals surface area contributed by atoms with Crippen LogP contribution in [0.4, 0.5) is 0 Å². The molecule has 9 heteroatoms. The van der Waals surface area contributed by atoms with E-state index in [1.165, 1.54) is 11.8 Å². The first-order valence-corrected chi connectivity index (χ1v) is 11.2. The molecule has 0 aliphatic carbocycles. The van der Waals surface area contributed by atoms with Gasteiger partial charge >= 0.3 is 0 Å². The van der Waals surface area contributed by atoms with Gasteiger partial charge in [0, 0.05) is 26.2 Å². The predicted octanol–water partition coefficient (Wildman–Crippen LogP) is 5.42. The van der Waals surface area contributed by atoms with Crippen LogP contribution < -0.4 is 4.74 Å². The Hall–Kier alpha value is -2.29. The van der Waals surface area contributed by atoms with Crippen LogP contribution in [0.3, 0.4) is 0 Å². The van der Waals surface area contributed by atoms with E-state index in [0.717, 1.165) is 26.7 Å². The molecule has 2 N–H and O–H groups in total. The highest BCUT2D eigenvalue weighted by atomic mass is 35.5. The Morgan fingerprint density at radius 3 is 2.30 bits per heavy atom. The van der Waals surface area contributed by atoms with E-state index in [-0.39, 0.29) is 25.2 Å². The zero-order valence-electron chi connectivity index (χ0n) is 17.7. The van der Waals surface area contributed by atoms with Crippen LogP contribution in [0.2, 0.25) is 5.02 Å². The van der Waals surface area contributed by atoms with Crippen molar-refractivity contribution in [3.05, 3.63) is 99.1 Å². The lowest BCUT2D eigenvalue weighted by Gasteiger charge is -2.21. The van der Waals surface area contributed by atoms with Crippen molar-refractivity contribution in [3.63, 3.8) is 0 Å². The number of hydrogen-bond acceptors (Lipinski definition) is 6. The number of ether oxygens (including phenoxy) is 1. The van der Waals surface area contributed by atoms with E-state index < -0.39 is 23.7 Å². The zero-order valence-corrected chi connectivity index (χ0v) is 20.1. The Morgan fingerprint density at radius 1 is 0.970 bits per heavy atom. The molecule has 0 radical (unpaired) electrons. The molecule has 0 saturated heterocycles. The van der Waals surface area contributed by atoms with Crippen LogP contribution in [0.1, 0.15) is 17.5 Å². The van der Waals surface area contributed by atoms with Crippen molar-refractivity contribution >= 4 is 35.8 Å². The van der Waals surface area contributed by atoms with Crippen molar-refractivity contribution in [1.82, 2.24) is 0 Å². The summed E-state index contributed by atoms with van der Waals surface area (Å²) in [7, 11) is 0. The van der Waals surface area contributed by atoms with E-state index in [9.17, 15) is 20.3 Å². The monoisotopic (exact) mass is 509 g/mol. The minimum Gasteiger partial charge on any atom is -0.489 e. The maximum atomic E-state index is 11.2. The summed E-state index contributed by atoms with van der Waals surface area (Å²) >= 11 is 7.94. The fourth-order valence-electron chi connectivity index (χ4n) is 3.08. The molecule has 3 aromatic carbocycles. The molecule has 0 amide bonds. The first-order valence-electron chi connectivity index (χ1n) is 10.0. The Kier molecular flexibility index (Phi) is 10.5. The lowest BCUT2D eigenvalue weighted by Crippen LogP contribution is -2.46. The van der Waals surface area contributed by atoms with Crippen LogP contribution in [-0.2, 0) is 13.0 Å². The van der Waals surface area contributed by atoms with Gasteiger partial charge in [0.05, 0.1) is 0 Å². The van der Waals surface area contributed by atoms with Gasteiger partial charge in [-0.1, -0.05) is 65.8 Å². The first kappa shape index (κ1) is 27.0. The van der Waals surface area contributed by atoms with E-state index >= 15 is 0 Å². The quantitative estimate of drug-likeness (QED) is 0.264. The van der Waals surface area contributed by atoms with Gasteiger partial charge in [-0.05, 0) is 47.9 Å². The predicted molar refractivity (Wildman–Crippen MR) is 132 cm³/mol. The summed E-state index contributed by atoms with van der Waals surface area (Å²) in [5.41, 5.74) is 0.0530. The average molecular weight is 510 g/mol. The number of nitro groups is 1. The lowest BCUT2D eigenvalue weighted by molar-refractivity contribution is -0.578. The van der Waals surface area contributed by atoms with Crippen LogP contribution in [0.25, 0.3) is 0 Å². The molecule has 176 valence electrons. The fraction of sp³-hybridized carbons (Fsp3) is 0.250. The normalized spacial score (nSPS) is 11.0. The maximum absolute atomic E-state index is 11.2. The Balaban J connectivity index is 0.00000385. The Morgan fingerprint density at radius 2 is 1.67 bits per heavy atom. The molecular weight excluding hydrogens is 485 g/mol. The van der Waals surface area contributed by atoms with E-state index in [2.05, 4.69) is 0 Å². The van der Waals surface area contributed by atoms with Gasteiger partial charge in [-0.25, -0.2) is 0 Å². The Bertz CT molecular complexity index is 1050. The second-order valence-electron chi connectivity index (χ2n) is 7.40. The zero-order chi connectivity index (χ0) is 23.0. The summed E-state index contributed by atoms with van der Waals surface area (Å²) in [6, 6.07) is 23.3. The summed E-state index contributed by atoms with van der Waals surface area (Å²) in [6.07, 6.45) is 0.259. The van der Waals surface area contributed by atoms with E-state index in [1.54, 1.807) is 0 Å². The van der Waals surface area contributed by atoms with Crippen molar-refractivity contribution in [2.45, 2.75) is 34.8 Å².